The van der Waals surface area contributed by atoms with E-state index in [1.807, 2.05) is 13.8 Å². The van der Waals surface area contributed by atoms with Gasteiger partial charge in [-0.3, -0.25) is 4.79 Å². The van der Waals surface area contributed by atoms with Gasteiger partial charge in [-0.2, -0.15) is 5.10 Å². The quantitative estimate of drug-likeness (QED) is 0.814. The third-order valence-electron chi connectivity index (χ3n) is 3.01. The Bertz CT molecular complexity index is 651. The zero-order valence-electron chi connectivity index (χ0n) is 12.4. The van der Waals surface area contributed by atoms with Crippen LogP contribution >= 0.6 is 0 Å². The summed E-state index contributed by atoms with van der Waals surface area (Å²) in [7, 11) is 1.53. The standard InChI is InChI=1S/C14H19N5O2/c1-9-16-10(2)19(18-9)7-6-14(20)17-12-5-4-11(15)8-13(12)21-3/h4-5,8H,6-7,15H2,1-3H3,(H,17,20). The number of ether oxygens (including phenoxy) is 1. The van der Waals surface area contributed by atoms with Crippen LogP contribution in [0.5, 0.6) is 5.75 Å². The second kappa shape index (κ2) is 6.25. The predicted molar refractivity (Wildman–Crippen MR) is 80.1 cm³/mol. The second-order valence-corrected chi connectivity index (χ2v) is 4.69. The number of hydrogen-bond acceptors (Lipinski definition) is 5. The maximum absolute atomic E-state index is 12.0. The van der Waals surface area contributed by atoms with Crippen LogP contribution in [-0.4, -0.2) is 27.8 Å². The van der Waals surface area contributed by atoms with E-state index in [-0.39, 0.29) is 5.91 Å². The molecular formula is C14H19N5O2. The highest BCUT2D eigenvalue weighted by atomic mass is 16.5. The number of nitrogens with one attached hydrogen (secondary N) is 1. The van der Waals surface area contributed by atoms with Gasteiger partial charge in [-0.25, -0.2) is 9.67 Å². The Labute approximate surface area is 123 Å². The molecule has 0 spiro atoms. The van der Waals surface area contributed by atoms with Crippen molar-refractivity contribution in [1.29, 1.82) is 0 Å². The van der Waals surface area contributed by atoms with Crippen LogP contribution in [0.15, 0.2) is 18.2 Å². The molecule has 112 valence electrons. The Morgan fingerprint density at radius 2 is 2.19 bits per heavy atom. The summed E-state index contributed by atoms with van der Waals surface area (Å²) in [5, 5.41) is 7.02. The van der Waals surface area contributed by atoms with E-state index in [1.165, 1.54) is 7.11 Å². The van der Waals surface area contributed by atoms with Crippen molar-refractivity contribution in [1.82, 2.24) is 14.8 Å². The van der Waals surface area contributed by atoms with Gasteiger partial charge in [0.05, 0.1) is 19.3 Å². The molecule has 7 heteroatoms. The summed E-state index contributed by atoms with van der Waals surface area (Å²) in [6.45, 7) is 4.17. The van der Waals surface area contributed by atoms with Crippen LogP contribution < -0.4 is 15.8 Å². The van der Waals surface area contributed by atoms with E-state index in [0.29, 0.717) is 35.9 Å². The number of benzene rings is 1. The molecule has 0 aliphatic rings. The first-order valence-corrected chi connectivity index (χ1v) is 6.61. The van der Waals surface area contributed by atoms with Crippen LogP contribution in [0.3, 0.4) is 0 Å². The predicted octanol–water partition coefficient (Wildman–Crippen LogP) is 1.51. The van der Waals surface area contributed by atoms with Crippen molar-refractivity contribution in [2.75, 3.05) is 18.2 Å². The lowest BCUT2D eigenvalue weighted by molar-refractivity contribution is -0.116. The molecule has 0 saturated heterocycles. The number of rotatable bonds is 5. The molecule has 21 heavy (non-hydrogen) atoms. The number of nitrogens with two attached hydrogens (primary N) is 1. The van der Waals surface area contributed by atoms with Crippen molar-refractivity contribution < 1.29 is 9.53 Å². The smallest absolute Gasteiger partial charge is 0.226 e. The first kappa shape index (κ1) is 14.8. The molecule has 0 atom stereocenters. The van der Waals surface area contributed by atoms with Crippen LogP contribution in [0.2, 0.25) is 0 Å². The van der Waals surface area contributed by atoms with Gasteiger partial charge in [-0.05, 0) is 26.0 Å². The summed E-state index contributed by atoms with van der Waals surface area (Å²) in [5.41, 5.74) is 6.86. The van der Waals surface area contributed by atoms with E-state index >= 15 is 0 Å². The minimum absolute atomic E-state index is 0.120. The van der Waals surface area contributed by atoms with Crippen LogP contribution in [0.1, 0.15) is 18.1 Å². The summed E-state index contributed by atoms with van der Waals surface area (Å²) in [6, 6.07) is 5.10. The molecule has 1 amide bonds. The lowest BCUT2D eigenvalue weighted by Crippen LogP contribution is -2.16. The molecule has 0 radical (unpaired) electrons. The van der Waals surface area contributed by atoms with Gasteiger partial charge in [0.2, 0.25) is 5.91 Å². The summed E-state index contributed by atoms with van der Waals surface area (Å²) in [5.74, 6) is 1.92. The number of carbonyl (C=O) groups is 1. The molecule has 0 fully saturated rings. The number of nitrogens with zero attached hydrogens (tertiary/aromatic N) is 3. The van der Waals surface area contributed by atoms with Crippen LogP contribution in [0.25, 0.3) is 0 Å². The van der Waals surface area contributed by atoms with E-state index in [9.17, 15) is 4.79 Å². The molecule has 1 aromatic heterocycles. The van der Waals surface area contributed by atoms with Gasteiger partial charge in [0.25, 0.3) is 0 Å². The number of nitrogen functional groups attached to an aromatic ring is 1. The average molecular weight is 289 g/mol. The topological polar surface area (TPSA) is 95.1 Å². The Kier molecular flexibility index (Phi) is 4.42. The molecule has 0 unspecified atom stereocenters. The summed E-state index contributed by atoms with van der Waals surface area (Å²) < 4.78 is 6.91. The molecular weight excluding hydrogens is 270 g/mol. The second-order valence-electron chi connectivity index (χ2n) is 4.69. The molecule has 2 rings (SSSR count). The lowest BCUT2D eigenvalue weighted by Gasteiger charge is -2.11. The first-order valence-electron chi connectivity index (χ1n) is 6.61. The fourth-order valence-corrected chi connectivity index (χ4v) is 2.00. The van der Waals surface area contributed by atoms with Gasteiger partial charge in [-0.1, -0.05) is 0 Å². The summed E-state index contributed by atoms with van der Waals surface area (Å²) >= 11 is 0. The number of aryl methyl sites for hydroxylation is 3. The number of carbonyl (C=O) groups excluding carboxylic acids is 1. The van der Waals surface area contributed by atoms with E-state index in [0.717, 1.165) is 5.82 Å². The van der Waals surface area contributed by atoms with E-state index in [2.05, 4.69) is 15.4 Å². The highest BCUT2D eigenvalue weighted by Gasteiger charge is 2.09. The third-order valence-corrected chi connectivity index (χ3v) is 3.01. The summed E-state index contributed by atoms with van der Waals surface area (Å²) in [6.07, 6.45) is 0.303. The Balaban J connectivity index is 1.97. The van der Waals surface area contributed by atoms with Crippen molar-refractivity contribution in [3.05, 3.63) is 29.8 Å². The van der Waals surface area contributed by atoms with E-state index in [1.54, 1.807) is 22.9 Å². The fraction of sp³-hybridized carbons (Fsp3) is 0.357. The van der Waals surface area contributed by atoms with E-state index < -0.39 is 0 Å². The molecule has 3 N–H and O–H groups in total. The monoisotopic (exact) mass is 289 g/mol. The van der Waals surface area contributed by atoms with Crippen LogP contribution in [0, 0.1) is 13.8 Å². The van der Waals surface area contributed by atoms with Gasteiger partial charge >= 0.3 is 0 Å². The fourth-order valence-electron chi connectivity index (χ4n) is 2.00. The Hall–Kier alpha value is -2.57. The van der Waals surface area contributed by atoms with Crippen molar-refractivity contribution in [3.63, 3.8) is 0 Å². The Morgan fingerprint density at radius 3 is 2.81 bits per heavy atom. The Morgan fingerprint density at radius 1 is 1.43 bits per heavy atom. The number of anilines is 2. The summed E-state index contributed by atoms with van der Waals surface area (Å²) in [4.78, 5) is 16.2. The highest BCUT2D eigenvalue weighted by molar-refractivity contribution is 5.92. The number of aromatic nitrogens is 3. The van der Waals surface area contributed by atoms with Crippen molar-refractivity contribution in [2.45, 2.75) is 26.8 Å². The van der Waals surface area contributed by atoms with E-state index in [4.69, 9.17) is 10.5 Å². The van der Waals surface area contributed by atoms with Crippen LogP contribution in [-0.2, 0) is 11.3 Å². The first-order chi connectivity index (χ1) is 9.99. The largest absolute Gasteiger partial charge is 0.494 e. The number of amides is 1. The van der Waals surface area contributed by atoms with Gasteiger partial charge in [0.1, 0.15) is 17.4 Å². The number of methoxy groups -OCH3 is 1. The van der Waals surface area contributed by atoms with Crippen molar-refractivity contribution in [2.24, 2.45) is 0 Å². The normalized spacial score (nSPS) is 10.4. The van der Waals surface area contributed by atoms with Crippen molar-refractivity contribution in [3.8, 4) is 5.75 Å². The maximum Gasteiger partial charge on any atom is 0.226 e. The molecule has 7 nitrogen and oxygen atoms in total. The average Bonchev–Trinajstić information content (AvgIpc) is 2.76. The molecule has 0 bridgehead atoms. The minimum atomic E-state index is -0.120. The molecule has 0 aliphatic heterocycles. The third kappa shape index (κ3) is 3.71. The molecule has 1 heterocycles. The van der Waals surface area contributed by atoms with Gasteiger partial charge in [0, 0.05) is 18.2 Å². The maximum atomic E-state index is 12.0. The molecule has 0 aliphatic carbocycles. The lowest BCUT2D eigenvalue weighted by atomic mass is 10.2. The van der Waals surface area contributed by atoms with Gasteiger partial charge < -0.3 is 15.8 Å². The number of hydrogen-bond donors (Lipinski definition) is 2. The molecule has 2 aromatic rings. The highest BCUT2D eigenvalue weighted by Crippen LogP contribution is 2.26. The SMILES string of the molecule is COc1cc(N)ccc1NC(=O)CCn1nc(C)nc1C. The van der Waals surface area contributed by atoms with Crippen LogP contribution in [0.4, 0.5) is 11.4 Å². The minimum Gasteiger partial charge on any atom is -0.494 e. The molecule has 1 aromatic carbocycles. The molecule has 0 saturated carbocycles. The van der Waals surface area contributed by atoms with Gasteiger partial charge in [-0.15, -0.1) is 0 Å². The zero-order chi connectivity index (χ0) is 15.4. The van der Waals surface area contributed by atoms with Gasteiger partial charge in [0.15, 0.2) is 0 Å². The zero-order valence-corrected chi connectivity index (χ0v) is 12.4. The van der Waals surface area contributed by atoms with Crippen molar-refractivity contribution >= 4 is 17.3 Å².